The molecule has 0 saturated carbocycles. The maximum atomic E-state index is 12.4. The van der Waals surface area contributed by atoms with E-state index < -0.39 is 0 Å². The van der Waals surface area contributed by atoms with Crippen molar-refractivity contribution < 1.29 is 9.53 Å². The number of piperidine rings is 1. The number of hydrogen-bond acceptors (Lipinski definition) is 3. The number of amides is 1. The highest BCUT2D eigenvalue weighted by atomic mass is 35.5. The molecule has 1 aromatic carbocycles. The highest BCUT2D eigenvalue weighted by Gasteiger charge is 2.23. The molecular formula is C19H31ClN2O2. The summed E-state index contributed by atoms with van der Waals surface area (Å²) >= 11 is 0. The van der Waals surface area contributed by atoms with Gasteiger partial charge in [-0.3, -0.25) is 4.79 Å². The lowest BCUT2D eigenvalue weighted by Gasteiger charge is -2.32. The van der Waals surface area contributed by atoms with Crippen molar-refractivity contribution in [1.82, 2.24) is 10.2 Å². The summed E-state index contributed by atoms with van der Waals surface area (Å²) in [5, 5.41) is 3.22. The zero-order valence-corrected chi connectivity index (χ0v) is 16.1. The highest BCUT2D eigenvalue weighted by Crippen LogP contribution is 2.31. The van der Waals surface area contributed by atoms with E-state index in [2.05, 4.69) is 32.2 Å². The fourth-order valence-corrected chi connectivity index (χ4v) is 3.12. The summed E-state index contributed by atoms with van der Waals surface area (Å²) in [6.45, 7) is 9.32. The van der Waals surface area contributed by atoms with Gasteiger partial charge in [0.05, 0.1) is 0 Å². The molecule has 2 rings (SSSR count). The van der Waals surface area contributed by atoms with E-state index in [0.29, 0.717) is 5.92 Å². The average molecular weight is 355 g/mol. The van der Waals surface area contributed by atoms with Crippen molar-refractivity contribution in [3.05, 3.63) is 29.8 Å². The number of nitrogens with zero attached hydrogens (tertiary/aromatic N) is 1. The van der Waals surface area contributed by atoms with Gasteiger partial charge in [0.25, 0.3) is 5.91 Å². The monoisotopic (exact) mass is 354 g/mol. The Kier molecular flexibility index (Phi) is 8.04. The predicted octanol–water partition coefficient (Wildman–Crippen LogP) is 3.24. The van der Waals surface area contributed by atoms with E-state index in [0.717, 1.165) is 43.8 Å². The molecule has 0 radical (unpaired) electrons. The number of rotatable bonds is 5. The topological polar surface area (TPSA) is 41.6 Å². The normalized spacial score (nSPS) is 15.8. The second kappa shape index (κ2) is 9.28. The molecule has 1 fully saturated rings. The van der Waals surface area contributed by atoms with Gasteiger partial charge in [-0.05, 0) is 49.4 Å². The zero-order chi connectivity index (χ0) is 16.9. The molecule has 0 spiro atoms. The summed E-state index contributed by atoms with van der Waals surface area (Å²) in [6.07, 6.45) is 2.15. The van der Waals surface area contributed by atoms with Gasteiger partial charge in [0.2, 0.25) is 0 Å². The predicted molar refractivity (Wildman–Crippen MR) is 101 cm³/mol. The third-order valence-electron chi connectivity index (χ3n) is 4.51. The molecular weight excluding hydrogens is 324 g/mol. The molecule has 1 aliphatic heterocycles. The van der Waals surface area contributed by atoms with Crippen LogP contribution in [0.4, 0.5) is 0 Å². The van der Waals surface area contributed by atoms with Crippen molar-refractivity contribution in [3.8, 4) is 5.75 Å². The second-order valence-electron chi connectivity index (χ2n) is 7.42. The number of carbonyl (C=O) groups excluding carboxylic acids is 1. The number of hydrogen-bond donors (Lipinski definition) is 1. The van der Waals surface area contributed by atoms with Crippen molar-refractivity contribution in [2.24, 2.45) is 5.92 Å². The molecule has 1 aliphatic rings. The first kappa shape index (κ1) is 20.8. The largest absolute Gasteiger partial charge is 0.483 e. The van der Waals surface area contributed by atoms with Crippen molar-refractivity contribution in [2.45, 2.75) is 39.0 Å². The Morgan fingerprint density at radius 3 is 2.46 bits per heavy atom. The molecule has 0 aliphatic carbocycles. The quantitative estimate of drug-likeness (QED) is 0.882. The molecule has 24 heavy (non-hydrogen) atoms. The highest BCUT2D eigenvalue weighted by molar-refractivity contribution is 5.85. The van der Waals surface area contributed by atoms with E-state index >= 15 is 0 Å². The van der Waals surface area contributed by atoms with E-state index in [1.807, 2.05) is 30.1 Å². The van der Waals surface area contributed by atoms with Crippen LogP contribution in [0.2, 0.25) is 0 Å². The molecule has 1 saturated heterocycles. The number of nitrogens with one attached hydrogen (secondary N) is 1. The lowest BCUT2D eigenvalue weighted by molar-refractivity contribution is -0.134. The lowest BCUT2D eigenvalue weighted by atomic mass is 9.86. The van der Waals surface area contributed by atoms with Gasteiger partial charge >= 0.3 is 0 Å². The van der Waals surface area contributed by atoms with Crippen LogP contribution in [-0.4, -0.2) is 44.1 Å². The third kappa shape index (κ3) is 5.67. The van der Waals surface area contributed by atoms with Gasteiger partial charge in [0, 0.05) is 13.1 Å². The Labute approximate surface area is 152 Å². The maximum Gasteiger partial charge on any atom is 0.260 e. The molecule has 0 bridgehead atoms. The Morgan fingerprint density at radius 2 is 1.88 bits per heavy atom. The summed E-state index contributed by atoms with van der Waals surface area (Å²) in [7, 11) is 1.98. The van der Waals surface area contributed by atoms with Crippen LogP contribution in [0, 0.1) is 5.92 Å². The Balaban J connectivity index is 0.00000288. The Morgan fingerprint density at radius 1 is 1.25 bits per heavy atom. The summed E-state index contributed by atoms with van der Waals surface area (Å²) in [4.78, 5) is 14.3. The molecule has 0 aromatic heterocycles. The van der Waals surface area contributed by atoms with Gasteiger partial charge in [0.1, 0.15) is 5.75 Å². The minimum absolute atomic E-state index is 0. The molecule has 1 aromatic rings. The van der Waals surface area contributed by atoms with Gasteiger partial charge in [-0.25, -0.2) is 0 Å². The molecule has 1 amide bonds. The summed E-state index contributed by atoms with van der Waals surface area (Å²) in [6, 6.07) is 8.00. The summed E-state index contributed by atoms with van der Waals surface area (Å²) in [5.41, 5.74) is 1.14. The van der Waals surface area contributed by atoms with Gasteiger partial charge in [-0.2, -0.15) is 0 Å². The fourth-order valence-electron chi connectivity index (χ4n) is 3.12. The standard InChI is InChI=1S/C19H30N2O2.ClH/c1-19(2,3)16-7-5-6-8-17(16)23-14-18(22)21-11-9-15(10-12-21)13-20-4;/h5-8,15,20H,9-14H2,1-4H3;1H. The molecule has 4 nitrogen and oxygen atoms in total. The van der Waals surface area contributed by atoms with E-state index in [-0.39, 0.29) is 30.3 Å². The second-order valence-corrected chi connectivity index (χ2v) is 7.42. The van der Waals surface area contributed by atoms with E-state index in [4.69, 9.17) is 4.74 Å². The van der Waals surface area contributed by atoms with Crippen LogP contribution in [0.1, 0.15) is 39.2 Å². The summed E-state index contributed by atoms with van der Waals surface area (Å²) in [5.74, 6) is 1.60. The average Bonchev–Trinajstić information content (AvgIpc) is 2.53. The SMILES string of the molecule is CNCC1CCN(C(=O)COc2ccccc2C(C)(C)C)CC1.Cl. The minimum atomic E-state index is 0. The van der Waals surface area contributed by atoms with Crippen molar-refractivity contribution in [3.63, 3.8) is 0 Å². The van der Waals surface area contributed by atoms with Gasteiger partial charge in [-0.1, -0.05) is 39.0 Å². The van der Waals surface area contributed by atoms with E-state index in [1.54, 1.807) is 0 Å². The molecule has 0 atom stereocenters. The van der Waals surface area contributed by atoms with E-state index in [1.165, 1.54) is 0 Å². The first-order valence-corrected chi connectivity index (χ1v) is 8.56. The zero-order valence-electron chi connectivity index (χ0n) is 15.3. The number of ether oxygens (including phenoxy) is 1. The number of benzene rings is 1. The fraction of sp³-hybridized carbons (Fsp3) is 0.632. The first-order chi connectivity index (χ1) is 10.9. The molecule has 1 N–H and O–H groups in total. The van der Waals surface area contributed by atoms with Crippen LogP contribution in [-0.2, 0) is 10.2 Å². The summed E-state index contributed by atoms with van der Waals surface area (Å²) < 4.78 is 5.85. The van der Waals surface area contributed by atoms with Gasteiger partial charge in [-0.15, -0.1) is 12.4 Å². The number of likely N-dealkylation sites (tertiary alicyclic amines) is 1. The number of carbonyl (C=O) groups is 1. The maximum absolute atomic E-state index is 12.4. The number of halogens is 1. The van der Waals surface area contributed by atoms with Crippen LogP contribution in [0.25, 0.3) is 0 Å². The van der Waals surface area contributed by atoms with Crippen LogP contribution in [0.5, 0.6) is 5.75 Å². The van der Waals surface area contributed by atoms with Crippen molar-refractivity contribution in [2.75, 3.05) is 33.3 Å². The third-order valence-corrected chi connectivity index (χ3v) is 4.51. The van der Waals surface area contributed by atoms with Crippen LogP contribution >= 0.6 is 12.4 Å². The van der Waals surface area contributed by atoms with Crippen LogP contribution in [0.15, 0.2) is 24.3 Å². The Hall–Kier alpha value is -1.26. The van der Waals surface area contributed by atoms with Crippen LogP contribution in [0.3, 0.4) is 0 Å². The van der Waals surface area contributed by atoms with Crippen LogP contribution < -0.4 is 10.1 Å². The molecule has 0 unspecified atom stereocenters. The van der Waals surface area contributed by atoms with E-state index in [9.17, 15) is 4.79 Å². The van der Waals surface area contributed by atoms with Gasteiger partial charge < -0.3 is 15.0 Å². The first-order valence-electron chi connectivity index (χ1n) is 8.56. The minimum Gasteiger partial charge on any atom is -0.483 e. The smallest absolute Gasteiger partial charge is 0.260 e. The molecule has 5 heteroatoms. The number of para-hydroxylation sites is 1. The lowest BCUT2D eigenvalue weighted by Crippen LogP contribution is -2.42. The Bertz CT molecular complexity index is 520. The van der Waals surface area contributed by atoms with Crippen molar-refractivity contribution >= 4 is 18.3 Å². The molecule has 136 valence electrons. The van der Waals surface area contributed by atoms with Crippen molar-refractivity contribution in [1.29, 1.82) is 0 Å². The molecule has 1 heterocycles. The van der Waals surface area contributed by atoms with Gasteiger partial charge in [0.15, 0.2) is 6.61 Å².